The number of aryl methyl sites for hydroxylation is 2. The summed E-state index contributed by atoms with van der Waals surface area (Å²) in [5.41, 5.74) is 1.80. The number of benzene rings is 1. The maximum absolute atomic E-state index is 11.8. The fraction of sp³-hybridized carbons (Fsp3) is 0.400. The van der Waals surface area contributed by atoms with E-state index < -0.39 is 9.84 Å². The van der Waals surface area contributed by atoms with E-state index in [1.165, 1.54) is 7.05 Å². The van der Waals surface area contributed by atoms with Crippen LogP contribution in [-0.4, -0.2) is 21.3 Å². The van der Waals surface area contributed by atoms with Crippen molar-refractivity contribution in [1.29, 1.82) is 0 Å². The van der Waals surface area contributed by atoms with Gasteiger partial charge in [0, 0.05) is 7.05 Å². The highest BCUT2D eigenvalue weighted by Gasteiger charge is 2.16. The highest BCUT2D eigenvalue weighted by atomic mass is 32.2. The number of nitrogens with zero attached hydrogens (tertiary/aromatic N) is 2. The zero-order chi connectivity index (χ0) is 11.5. The molecular formula is C10H14N2O2S. The van der Waals surface area contributed by atoms with Crippen LogP contribution in [0.3, 0.4) is 0 Å². The number of azo groups is 1. The first-order chi connectivity index (χ1) is 6.97. The minimum atomic E-state index is -3.33. The Hall–Kier alpha value is -1.23. The largest absolute Gasteiger partial charge is 0.222 e. The average Bonchev–Trinajstić information content (AvgIpc) is 2.14. The molecule has 0 unspecified atom stereocenters. The summed E-state index contributed by atoms with van der Waals surface area (Å²) in [6.07, 6.45) is 0. The molecule has 0 bridgehead atoms. The Morgan fingerprint density at radius 3 is 2.47 bits per heavy atom. The van der Waals surface area contributed by atoms with Crippen molar-refractivity contribution < 1.29 is 8.42 Å². The van der Waals surface area contributed by atoms with E-state index >= 15 is 0 Å². The van der Waals surface area contributed by atoms with Gasteiger partial charge in [-0.3, -0.25) is 0 Å². The van der Waals surface area contributed by atoms with E-state index in [0.717, 1.165) is 11.1 Å². The molecule has 0 N–H and O–H groups in total. The van der Waals surface area contributed by atoms with Crippen molar-refractivity contribution in [3.05, 3.63) is 29.3 Å². The summed E-state index contributed by atoms with van der Waals surface area (Å²) in [5.74, 6) is -0.284. The Labute approximate surface area is 90.0 Å². The average molecular weight is 226 g/mol. The molecule has 0 atom stereocenters. The van der Waals surface area contributed by atoms with Gasteiger partial charge in [-0.2, -0.15) is 10.2 Å². The van der Waals surface area contributed by atoms with Crippen molar-refractivity contribution in [2.75, 3.05) is 12.9 Å². The van der Waals surface area contributed by atoms with Gasteiger partial charge < -0.3 is 0 Å². The van der Waals surface area contributed by atoms with Gasteiger partial charge in [-0.15, -0.1) is 0 Å². The quantitative estimate of drug-likeness (QED) is 0.741. The Kier molecular flexibility index (Phi) is 3.57. The summed E-state index contributed by atoms with van der Waals surface area (Å²) >= 11 is 0. The molecule has 0 aliphatic heterocycles. The third-order valence-corrected chi connectivity index (χ3v) is 3.62. The lowest BCUT2D eigenvalue weighted by Crippen LogP contribution is -2.06. The zero-order valence-electron chi connectivity index (χ0n) is 9.06. The van der Waals surface area contributed by atoms with Gasteiger partial charge in [-0.25, -0.2) is 8.42 Å². The fourth-order valence-electron chi connectivity index (χ4n) is 1.35. The number of rotatable bonds is 3. The van der Waals surface area contributed by atoms with Crippen LogP contribution in [0.4, 0.5) is 0 Å². The summed E-state index contributed by atoms with van der Waals surface area (Å²) in [6.45, 7) is 3.71. The lowest BCUT2D eigenvalue weighted by molar-refractivity contribution is 0.594. The number of hydrogen-bond acceptors (Lipinski definition) is 4. The molecule has 0 aliphatic carbocycles. The lowest BCUT2D eigenvalue weighted by Gasteiger charge is -2.05. The minimum Gasteiger partial charge on any atom is -0.222 e. The van der Waals surface area contributed by atoms with Gasteiger partial charge in [0.2, 0.25) is 9.84 Å². The molecule has 1 aromatic carbocycles. The molecule has 5 heteroatoms. The van der Waals surface area contributed by atoms with Crippen LogP contribution >= 0.6 is 0 Å². The second-order valence-electron chi connectivity index (χ2n) is 3.35. The van der Waals surface area contributed by atoms with Gasteiger partial charge in [-0.05, 0) is 25.5 Å². The maximum atomic E-state index is 11.8. The van der Waals surface area contributed by atoms with E-state index in [2.05, 4.69) is 10.2 Å². The highest BCUT2D eigenvalue weighted by molar-refractivity contribution is 7.91. The molecule has 1 rings (SSSR count). The standard InChI is InChI=1S/C10H14N2O2S/c1-8-4-5-10(9(2)6-8)15(13,14)7-12-11-3/h4-6H,7H2,1-3H3. The Bertz CT molecular complexity index is 478. The smallest absolute Gasteiger partial charge is 0.200 e. The second kappa shape index (κ2) is 4.53. The molecule has 4 nitrogen and oxygen atoms in total. The molecular weight excluding hydrogens is 212 g/mol. The van der Waals surface area contributed by atoms with Crippen LogP contribution in [0, 0.1) is 13.8 Å². The Morgan fingerprint density at radius 2 is 1.93 bits per heavy atom. The minimum absolute atomic E-state index is 0.284. The van der Waals surface area contributed by atoms with Gasteiger partial charge in [0.1, 0.15) is 0 Å². The zero-order valence-corrected chi connectivity index (χ0v) is 9.87. The normalized spacial score (nSPS) is 12.2. The topological polar surface area (TPSA) is 58.9 Å². The van der Waals surface area contributed by atoms with Crippen LogP contribution in [0.1, 0.15) is 11.1 Å². The molecule has 0 aliphatic rings. The molecule has 1 aromatic rings. The molecule has 0 fully saturated rings. The molecule has 0 amide bonds. The summed E-state index contributed by atoms with van der Waals surface area (Å²) in [7, 11) is -1.87. The van der Waals surface area contributed by atoms with Gasteiger partial charge in [0.05, 0.1) is 4.90 Å². The van der Waals surface area contributed by atoms with Crippen LogP contribution in [-0.2, 0) is 9.84 Å². The van der Waals surface area contributed by atoms with Crippen molar-refractivity contribution in [3.63, 3.8) is 0 Å². The van der Waals surface area contributed by atoms with Crippen LogP contribution in [0.5, 0.6) is 0 Å². The predicted molar refractivity (Wildman–Crippen MR) is 58.7 cm³/mol. The molecule has 0 heterocycles. The third kappa shape index (κ3) is 2.86. The first kappa shape index (κ1) is 11.8. The third-order valence-electron chi connectivity index (χ3n) is 2.03. The summed E-state index contributed by atoms with van der Waals surface area (Å²) in [4.78, 5) is 0.334. The van der Waals surface area contributed by atoms with E-state index in [9.17, 15) is 8.42 Å². The van der Waals surface area contributed by atoms with Gasteiger partial charge in [0.15, 0.2) is 5.88 Å². The molecule has 0 radical (unpaired) electrons. The maximum Gasteiger partial charge on any atom is 0.200 e. The van der Waals surface area contributed by atoms with Crippen molar-refractivity contribution in [1.82, 2.24) is 0 Å². The van der Waals surface area contributed by atoms with Gasteiger partial charge in [0.25, 0.3) is 0 Å². The van der Waals surface area contributed by atoms with Crippen molar-refractivity contribution in [3.8, 4) is 0 Å². The Balaban J connectivity index is 3.16. The first-order valence-corrected chi connectivity index (χ1v) is 6.18. The predicted octanol–water partition coefficient (Wildman–Crippen LogP) is 2.12. The van der Waals surface area contributed by atoms with Crippen LogP contribution in [0.15, 0.2) is 33.3 Å². The number of sulfone groups is 1. The van der Waals surface area contributed by atoms with E-state index in [4.69, 9.17) is 0 Å². The highest BCUT2D eigenvalue weighted by Crippen LogP contribution is 2.17. The monoisotopic (exact) mass is 226 g/mol. The van der Waals surface area contributed by atoms with Crippen LogP contribution in [0.2, 0.25) is 0 Å². The molecule has 82 valence electrons. The lowest BCUT2D eigenvalue weighted by atomic mass is 10.2. The fourth-order valence-corrected chi connectivity index (χ4v) is 2.58. The summed E-state index contributed by atoms with van der Waals surface area (Å²) in [5, 5.41) is 6.96. The van der Waals surface area contributed by atoms with Crippen LogP contribution in [0.25, 0.3) is 0 Å². The van der Waals surface area contributed by atoms with Gasteiger partial charge in [-0.1, -0.05) is 17.7 Å². The summed E-state index contributed by atoms with van der Waals surface area (Å²) in [6, 6.07) is 5.24. The Morgan fingerprint density at radius 1 is 1.27 bits per heavy atom. The van der Waals surface area contributed by atoms with Crippen molar-refractivity contribution in [2.24, 2.45) is 10.2 Å². The van der Waals surface area contributed by atoms with E-state index in [1.54, 1.807) is 19.1 Å². The first-order valence-electron chi connectivity index (χ1n) is 4.53. The van der Waals surface area contributed by atoms with Gasteiger partial charge >= 0.3 is 0 Å². The molecule has 0 spiro atoms. The molecule has 0 saturated heterocycles. The van der Waals surface area contributed by atoms with Crippen molar-refractivity contribution in [2.45, 2.75) is 18.7 Å². The second-order valence-corrected chi connectivity index (χ2v) is 5.28. The van der Waals surface area contributed by atoms with Crippen molar-refractivity contribution >= 4 is 9.84 Å². The van der Waals surface area contributed by atoms with E-state index in [0.29, 0.717) is 4.90 Å². The summed E-state index contributed by atoms with van der Waals surface area (Å²) < 4.78 is 23.5. The molecule has 15 heavy (non-hydrogen) atoms. The van der Waals surface area contributed by atoms with E-state index in [1.807, 2.05) is 13.0 Å². The molecule has 0 aromatic heterocycles. The van der Waals surface area contributed by atoms with E-state index in [-0.39, 0.29) is 5.88 Å². The van der Waals surface area contributed by atoms with Crippen LogP contribution < -0.4 is 0 Å². The molecule has 0 saturated carbocycles. The number of hydrogen-bond donors (Lipinski definition) is 0. The SMILES string of the molecule is CN=NCS(=O)(=O)c1ccc(C)cc1C.